The third kappa shape index (κ3) is 4.28. The van der Waals surface area contributed by atoms with Crippen molar-refractivity contribution in [2.45, 2.75) is 42.4 Å². The van der Waals surface area contributed by atoms with Gasteiger partial charge in [-0.2, -0.15) is 0 Å². The van der Waals surface area contributed by atoms with Crippen LogP contribution in [0.4, 0.5) is 4.39 Å². The van der Waals surface area contributed by atoms with Gasteiger partial charge in [-0.15, -0.1) is 0 Å². The largest absolute Gasteiger partial charge is 0.468 e. The highest BCUT2D eigenvalue weighted by atomic mass is 32.2. The molecule has 2 aromatic rings. The number of halogens is 1. The number of likely N-dealkylation sites (tertiary alicyclic amines) is 1. The third-order valence-electron chi connectivity index (χ3n) is 5.19. The fourth-order valence-corrected chi connectivity index (χ4v) is 5.64. The van der Waals surface area contributed by atoms with Gasteiger partial charge in [0.15, 0.2) is 9.84 Å². The Hall–Kier alpha value is -2.19. The van der Waals surface area contributed by atoms with Gasteiger partial charge in [0.25, 0.3) is 0 Å². The van der Waals surface area contributed by atoms with Gasteiger partial charge < -0.3 is 9.15 Å². The first-order valence-corrected chi connectivity index (χ1v) is 10.8. The van der Waals surface area contributed by atoms with Crippen molar-refractivity contribution in [2.75, 3.05) is 19.7 Å². The molecule has 1 saturated heterocycles. The molecular weight excluding hydrogens is 385 g/mol. The van der Waals surface area contributed by atoms with E-state index < -0.39 is 26.4 Å². The molecule has 152 valence electrons. The topological polar surface area (TPSA) is 76.8 Å². The zero-order chi connectivity index (χ0) is 20.2. The molecule has 1 aliphatic heterocycles. The number of esters is 1. The second-order valence-electron chi connectivity index (χ2n) is 6.98. The molecule has 0 saturated carbocycles. The van der Waals surface area contributed by atoms with Crippen molar-refractivity contribution in [2.24, 2.45) is 0 Å². The highest BCUT2D eigenvalue weighted by Crippen LogP contribution is 2.39. The number of sulfone groups is 1. The summed E-state index contributed by atoms with van der Waals surface area (Å²) in [5.41, 5.74) is 0. The quantitative estimate of drug-likeness (QED) is 0.516. The molecule has 0 unspecified atom stereocenters. The Bertz CT molecular complexity index is 885. The molecule has 1 aromatic carbocycles. The molecule has 2 heterocycles. The zero-order valence-electron chi connectivity index (χ0n) is 15.8. The second kappa shape index (κ2) is 8.45. The Morgan fingerprint density at radius 1 is 1.21 bits per heavy atom. The van der Waals surface area contributed by atoms with Crippen LogP contribution in [0.5, 0.6) is 0 Å². The maximum absolute atomic E-state index is 13.4. The first kappa shape index (κ1) is 20.5. The number of carbonyl (C=O) groups excluding carboxylic acids is 1. The molecule has 0 N–H and O–H groups in total. The molecule has 0 amide bonds. The summed E-state index contributed by atoms with van der Waals surface area (Å²) in [7, 11) is -3.86. The molecule has 1 aliphatic rings. The predicted octanol–water partition coefficient (Wildman–Crippen LogP) is 3.18. The van der Waals surface area contributed by atoms with E-state index in [1.807, 2.05) is 12.1 Å². The molecular formula is C20H24FNO5S. The fourth-order valence-electron chi connectivity index (χ4n) is 3.62. The average Bonchev–Trinajstić information content (AvgIpc) is 3.17. The van der Waals surface area contributed by atoms with Gasteiger partial charge in [0.2, 0.25) is 0 Å². The van der Waals surface area contributed by atoms with Crippen LogP contribution in [0.15, 0.2) is 52.0 Å². The van der Waals surface area contributed by atoms with Crippen LogP contribution in [0.1, 0.15) is 31.9 Å². The van der Waals surface area contributed by atoms with Gasteiger partial charge in [-0.05, 0) is 56.2 Å². The number of piperidine rings is 1. The van der Waals surface area contributed by atoms with Crippen LogP contribution in [-0.2, 0) is 25.9 Å². The third-order valence-corrected chi connectivity index (χ3v) is 7.78. The SMILES string of the molecule is CCOC(=O)CC1(S(=O)(=O)c2ccc(F)cc2)CCN(Cc2ccco2)CC1. The molecule has 0 radical (unpaired) electrons. The Balaban J connectivity index is 1.84. The summed E-state index contributed by atoms with van der Waals surface area (Å²) in [4.78, 5) is 14.3. The number of carbonyl (C=O) groups is 1. The van der Waals surface area contributed by atoms with Crippen molar-refractivity contribution >= 4 is 15.8 Å². The Morgan fingerprint density at radius 3 is 2.46 bits per heavy atom. The van der Waals surface area contributed by atoms with Gasteiger partial charge in [0.1, 0.15) is 11.6 Å². The van der Waals surface area contributed by atoms with E-state index in [-0.39, 0.29) is 30.8 Å². The highest BCUT2D eigenvalue weighted by Gasteiger charge is 2.48. The number of rotatable bonds is 7. The lowest BCUT2D eigenvalue weighted by molar-refractivity contribution is -0.144. The highest BCUT2D eigenvalue weighted by molar-refractivity contribution is 7.92. The van der Waals surface area contributed by atoms with Crippen molar-refractivity contribution in [1.29, 1.82) is 0 Å². The number of nitrogens with zero attached hydrogens (tertiary/aromatic N) is 1. The maximum atomic E-state index is 13.4. The first-order chi connectivity index (χ1) is 13.4. The summed E-state index contributed by atoms with van der Waals surface area (Å²) in [6, 6.07) is 8.44. The molecule has 0 spiro atoms. The molecule has 8 heteroatoms. The van der Waals surface area contributed by atoms with Gasteiger partial charge in [-0.3, -0.25) is 9.69 Å². The van der Waals surface area contributed by atoms with E-state index in [2.05, 4.69) is 4.90 Å². The monoisotopic (exact) mass is 409 g/mol. The first-order valence-electron chi connectivity index (χ1n) is 9.27. The molecule has 0 atom stereocenters. The number of hydrogen-bond acceptors (Lipinski definition) is 6. The number of ether oxygens (including phenoxy) is 1. The van der Waals surface area contributed by atoms with Gasteiger partial charge in [-0.25, -0.2) is 12.8 Å². The van der Waals surface area contributed by atoms with Crippen LogP contribution in [0.3, 0.4) is 0 Å². The predicted molar refractivity (Wildman–Crippen MR) is 101 cm³/mol. The lowest BCUT2D eigenvalue weighted by atomic mass is 9.92. The van der Waals surface area contributed by atoms with Crippen molar-refractivity contribution in [3.8, 4) is 0 Å². The van der Waals surface area contributed by atoms with E-state index in [0.717, 1.165) is 17.9 Å². The molecule has 3 rings (SSSR count). The summed E-state index contributed by atoms with van der Waals surface area (Å²) in [5, 5.41) is 0. The standard InChI is InChI=1S/C20H24FNO5S/c1-2-26-19(23)14-20(28(24,25)18-7-5-16(21)6-8-18)9-11-22(12-10-20)15-17-4-3-13-27-17/h3-8,13H,2,9-12,14-15H2,1H3. The molecule has 1 fully saturated rings. The fraction of sp³-hybridized carbons (Fsp3) is 0.450. The van der Waals surface area contributed by atoms with Gasteiger partial charge in [0.05, 0.1) is 35.5 Å². The van der Waals surface area contributed by atoms with E-state index >= 15 is 0 Å². The zero-order valence-corrected chi connectivity index (χ0v) is 16.6. The molecule has 0 bridgehead atoms. The van der Waals surface area contributed by atoms with Crippen LogP contribution in [-0.4, -0.2) is 43.7 Å². The van der Waals surface area contributed by atoms with E-state index in [1.54, 1.807) is 13.2 Å². The van der Waals surface area contributed by atoms with E-state index in [1.165, 1.54) is 12.1 Å². The van der Waals surface area contributed by atoms with E-state index in [9.17, 15) is 17.6 Å². The average molecular weight is 409 g/mol. The van der Waals surface area contributed by atoms with Crippen LogP contribution in [0.2, 0.25) is 0 Å². The summed E-state index contributed by atoms with van der Waals surface area (Å²) in [6.07, 6.45) is 1.96. The van der Waals surface area contributed by atoms with Gasteiger partial charge in [-0.1, -0.05) is 0 Å². The van der Waals surface area contributed by atoms with Crippen LogP contribution in [0, 0.1) is 5.82 Å². The van der Waals surface area contributed by atoms with Crippen LogP contribution in [0.25, 0.3) is 0 Å². The normalized spacial score (nSPS) is 17.4. The van der Waals surface area contributed by atoms with Crippen LogP contribution < -0.4 is 0 Å². The Kier molecular flexibility index (Phi) is 6.20. The molecule has 28 heavy (non-hydrogen) atoms. The smallest absolute Gasteiger partial charge is 0.307 e. The van der Waals surface area contributed by atoms with Gasteiger partial charge >= 0.3 is 5.97 Å². The second-order valence-corrected chi connectivity index (χ2v) is 9.32. The Labute approximate surface area is 164 Å². The van der Waals surface area contributed by atoms with Gasteiger partial charge in [0, 0.05) is 13.1 Å². The minimum absolute atomic E-state index is 0.0256. The summed E-state index contributed by atoms with van der Waals surface area (Å²) < 4.78 is 49.2. The number of furan rings is 1. The number of benzene rings is 1. The van der Waals surface area contributed by atoms with E-state index in [4.69, 9.17) is 9.15 Å². The lowest BCUT2D eigenvalue weighted by Crippen LogP contribution is -2.50. The Morgan fingerprint density at radius 2 is 1.89 bits per heavy atom. The van der Waals surface area contributed by atoms with Crippen molar-refractivity contribution in [1.82, 2.24) is 4.90 Å². The molecule has 0 aliphatic carbocycles. The van der Waals surface area contributed by atoms with Crippen LogP contribution >= 0.6 is 0 Å². The summed E-state index contributed by atoms with van der Waals surface area (Å²) >= 11 is 0. The minimum Gasteiger partial charge on any atom is -0.468 e. The lowest BCUT2D eigenvalue weighted by Gasteiger charge is -2.40. The number of hydrogen-bond donors (Lipinski definition) is 0. The van der Waals surface area contributed by atoms with Crippen molar-refractivity contribution in [3.05, 3.63) is 54.2 Å². The maximum Gasteiger partial charge on any atom is 0.307 e. The van der Waals surface area contributed by atoms with Crippen molar-refractivity contribution in [3.63, 3.8) is 0 Å². The molecule has 6 nitrogen and oxygen atoms in total. The summed E-state index contributed by atoms with van der Waals surface area (Å²) in [6.45, 7) is 3.46. The summed E-state index contributed by atoms with van der Waals surface area (Å²) in [5.74, 6) is -0.237. The minimum atomic E-state index is -3.86. The molecule has 1 aromatic heterocycles. The van der Waals surface area contributed by atoms with Crippen molar-refractivity contribution < 1.29 is 26.8 Å². The van der Waals surface area contributed by atoms with E-state index in [0.29, 0.717) is 19.6 Å².